The highest BCUT2D eigenvalue weighted by atomic mass is 35.5. The van der Waals surface area contributed by atoms with Gasteiger partial charge in [-0.1, -0.05) is 57.5 Å². The highest BCUT2D eigenvalue weighted by Gasteiger charge is 2.28. The molecule has 2 rings (SSSR count). The lowest BCUT2D eigenvalue weighted by Gasteiger charge is -2.31. The van der Waals surface area contributed by atoms with Gasteiger partial charge in [0, 0.05) is 12.0 Å². The molecule has 130 valence electrons. The summed E-state index contributed by atoms with van der Waals surface area (Å²) in [6, 6.07) is 10.5. The van der Waals surface area contributed by atoms with Crippen LogP contribution in [0.15, 0.2) is 30.3 Å². The van der Waals surface area contributed by atoms with E-state index in [0.717, 1.165) is 32.1 Å². The van der Waals surface area contributed by atoms with Crippen molar-refractivity contribution in [2.75, 3.05) is 0 Å². The first-order valence-corrected chi connectivity index (χ1v) is 8.46. The minimum atomic E-state index is 0. The van der Waals surface area contributed by atoms with Gasteiger partial charge in [-0.3, -0.25) is 4.79 Å². The molecule has 1 aromatic carbocycles. The third-order valence-corrected chi connectivity index (χ3v) is 4.42. The molecule has 4 heteroatoms. The Hall–Kier alpha value is -1.06. The number of rotatable bonds is 4. The number of halogens is 1. The van der Waals surface area contributed by atoms with Crippen molar-refractivity contribution < 1.29 is 4.79 Å². The molecule has 3 N–H and O–H groups in total. The van der Waals surface area contributed by atoms with E-state index in [-0.39, 0.29) is 41.7 Å². The fourth-order valence-corrected chi connectivity index (χ4v) is 3.31. The molecule has 1 fully saturated rings. The number of hydrogen-bond donors (Lipinski definition) is 2. The molecule has 0 bridgehead atoms. The topological polar surface area (TPSA) is 55.1 Å². The van der Waals surface area contributed by atoms with Crippen LogP contribution in [-0.2, 0) is 4.79 Å². The van der Waals surface area contributed by atoms with Gasteiger partial charge in [0.05, 0.1) is 6.04 Å². The Morgan fingerprint density at radius 1 is 1.26 bits per heavy atom. The van der Waals surface area contributed by atoms with Crippen LogP contribution in [0.25, 0.3) is 0 Å². The van der Waals surface area contributed by atoms with Gasteiger partial charge in [0.2, 0.25) is 5.91 Å². The SMILES string of the molecule is CC(C)(C)CC(NC(=O)C1CCCC(N)C1)c1ccccc1.Cl. The lowest BCUT2D eigenvalue weighted by atomic mass is 9.83. The van der Waals surface area contributed by atoms with Crippen LogP contribution < -0.4 is 11.1 Å². The van der Waals surface area contributed by atoms with Crippen molar-refractivity contribution in [1.82, 2.24) is 5.32 Å². The van der Waals surface area contributed by atoms with E-state index in [2.05, 4.69) is 38.2 Å². The van der Waals surface area contributed by atoms with Crippen molar-refractivity contribution >= 4 is 18.3 Å². The summed E-state index contributed by atoms with van der Waals surface area (Å²) >= 11 is 0. The van der Waals surface area contributed by atoms with Gasteiger partial charge in [-0.05, 0) is 36.7 Å². The fraction of sp³-hybridized carbons (Fsp3) is 0.632. The third kappa shape index (κ3) is 6.52. The predicted octanol–water partition coefficient (Wildman–Crippen LogP) is 4.22. The summed E-state index contributed by atoms with van der Waals surface area (Å²) in [6.45, 7) is 6.64. The van der Waals surface area contributed by atoms with Gasteiger partial charge in [-0.25, -0.2) is 0 Å². The maximum absolute atomic E-state index is 12.6. The summed E-state index contributed by atoms with van der Waals surface area (Å²) in [7, 11) is 0. The van der Waals surface area contributed by atoms with Gasteiger partial charge < -0.3 is 11.1 Å². The molecule has 3 unspecified atom stereocenters. The van der Waals surface area contributed by atoms with E-state index in [1.165, 1.54) is 5.56 Å². The average molecular weight is 339 g/mol. The summed E-state index contributed by atoms with van der Waals surface area (Å²) in [6.07, 6.45) is 4.84. The average Bonchev–Trinajstić information content (AvgIpc) is 2.46. The van der Waals surface area contributed by atoms with Crippen molar-refractivity contribution in [3.05, 3.63) is 35.9 Å². The number of carbonyl (C=O) groups is 1. The van der Waals surface area contributed by atoms with E-state index in [1.54, 1.807) is 0 Å². The molecule has 0 aromatic heterocycles. The second kappa shape index (κ2) is 8.70. The summed E-state index contributed by atoms with van der Waals surface area (Å²) < 4.78 is 0. The van der Waals surface area contributed by atoms with Crippen LogP contribution in [0.4, 0.5) is 0 Å². The minimum absolute atomic E-state index is 0. The first-order valence-electron chi connectivity index (χ1n) is 8.46. The minimum Gasteiger partial charge on any atom is -0.349 e. The van der Waals surface area contributed by atoms with E-state index in [9.17, 15) is 4.79 Å². The molecule has 1 saturated carbocycles. The number of amides is 1. The summed E-state index contributed by atoms with van der Waals surface area (Å²) in [5.41, 5.74) is 7.38. The highest BCUT2D eigenvalue weighted by Crippen LogP contribution is 2.31. The molecule has 3 nitrogen and oxygen atoms in total. The van der Waals surface area contributed by atoms with E-state index in [1.807, 2.05) is 18.2 Å². The van der Waals surface area contributed by atoms with Crippen LogP contribution in [0.2, 0.25) is 0 Å². The molecule has 3 atom stereocenters. The van der Waals surface area contributed by atoms with Crippen molar-refractivity contribution in [1.29, 1.82) is 0 Å². The smallest absolute Gasteiger partial charge is 0.223 e. The van der Waals surface area contributed by atoms with Crippen molar-refractivity contribution in [3.8, 4) is 0 Å². The van der Waals surface area contributed by atoms with Gasteiger partial charge >= 0.3 is 0 Å². The lowest BCUT2D eigenvalue weighted by Crippen LogP contribution is -2.40. The van der Waals surface area contributed by atoms with Crippen molar-refractivity contribution in [3.63, 3.8) is 0 Å². The Morgan fingerprint density at radius 2 is 1.91 bits per heavy atom. The first kappa shape index (κ1) is 20.0. The van der Waals surface area contributed by atoms with Crippen LogP contribution in [0.5, 0.6) is 0 Å². The molecule has 0 radical (unpaired) electrons. The summed E-state index contributed by atoms with van der Waals surface area (Å²) in [5.74, 6) is 0.253. The van der Waals surface area contributed by atoms with Crippen LogP contribution in [-0.4, -0.2) is 11.9 Å². The second-order valence-electron chi connectivity index (χ2n) is 7.86. The maximum Gasteiger partial charge on any atom is 0.223 e. The lowest BCUT2D eigenvalue weighted by molar-refractivity contribution is -0.127. The van der Waals surface area contributed by atoms with Crippen molar-refractivity contribution in [2.24, 2.45) is 17.1 Å². The van der Waals surface area contributed by atoms with Crippen LogP contribution >= 0.6 is 12.4 Å². The molecule has 0 spiro atoms. The standard InChI is InChI=1S/C19H30N2O.ClH/c1-19(2,3)13-17(14-8-5-4-6-9-14)21-18(22)15-10-7-11-16(20)12-15;/h4-6,8-9,15-17H,7,10-13,20H2,1-3H3,(H,21,22);1H. The molecule has 0 saturated heterocycles. The number of nitrogens with two attached hydrogens (primary N) is 1. The zero-order chi connectivity index (χ0) is 16.2. The zero-order valence-electron chi connectivity index (χ0n) is 14.5. The number of carbonyl (C=O) groups excluding carboxylic acids is 1. The summed E-state index contributed by atoms with van der Waals surface area (Å²) in [4.78, 5) is 12.6. The Kier molecular flexibility index (Phi) is 7.56. The molecule has 0 heterocycles. The van der Waals surface area contributed by atoms with E-state index < -0.39 is 0 Å². The van der Waals surface area contributed by atoms with Crippen LogP contribution in [0.3, 0.4) is 0 Å². The fourth-order valence-electron chi connectivity index (χ4n) is 3.31. The van der Waals surface area contributed by atoms with Crippen molar-refractivity contribution in [2.45, 2.75) is 65.0 Å². The largest absolute Gasteiger partial charge is 0.349 e. The number of nitrogens with one attached hydrogen (secondary N) is 1. The van der Waals surface area contributed by atoms with Gasteiger partial charge in [0.25, 0.3) is 0 Å². The maximum atomic E-state index is 12.6. The molecule has 1 aromatic rings. The Labute approximate surface area is 146 Å². The molecule has 23 heavy (non-hydrogen) atoms. The third-order valence-electron chi connectivity index (χ3n) is 4.42. The van der Waals surface area contributed by atoms with Gasteiger partial charge in [0.15, 0.2) is 0 Å². The molecular weight excluding hydrogens is 308 g/mol. The van der Waals surface area contributed by atoms with E-state index in [0.29, 0.717) is 0 Å². The van der Waals surface area contributed by atoms with E-state index >= 15 is 0 Å². The number of hydrogen-bond acceptors (Lipinski definition) is 2. The molecule has 1 aliphatic carbocycles. The Balaban J connectivity index is 0.00000264. The second-order valence-corrected chi connectivity index (χ2v) is 7.86. The first-order chi connectivity index (χ1) is 10.3. The molecule has 0 aliphatic heterocycles. The van der Waals surface area contributed by atoms with E-state index in [4.69, 9.17) is 5.73 Å². The van der Waals surface area contributed by atoms with Gasteiger partial charge in [-0.2, -0.15) is 0 Å². The molecule has 1 amide bonds. The quantitative estimate of drug-likeness (QED) is 0.863. The monoisotopic (exact) mass is 338 g/mol. The van der Waals surface area contributed by atoms with Crippen LogP contribution in [0, 0.1) is 11.3 Å². The zero-order valence-corrected chi connectivity index (χ0v) is 15.4. The summed E-state index contributed by atoms with van der Waals surface area (Å²) in [5, 5.41) is 3.29. The van der Waals surface area contributed by atoms with Gasteiger partial charge in [0.1, 0.15) is 0 Å². The number of benzene rings is 1. The molecule has 1 aliphatic rings. The molecular formula is C19H31ClN2O. The Morgan fingerprint density at radius 3 is 2.48 bits per heavy atom. The van der Waals surface area contributed by atoms with Gasteiger partial charge in [-0.15, -0.1) is 12.4 Å². The predicted molar refractivity (Wildman–Crippen MR) is 98.6 cm³/mol. The normalized spacial score (nSPS) is 22.8. The van der Waals surface area contributed by atoms with Crippen LogP contribution in [0.1, 0.15) is 64.5 Å². The Bertz CT molecular complexity index is 484. The highest BCUT2D eigenvalue weighted by molar-refractivity contribution is 5.85.